The second-order valence-corrected chi connectivity index (χ2v) is 4.17. The van der Waals surface area contributed by atoms with E-state index in [2.05, 4.69) is 4.74 Å². The van der Waals surface area contributed by atoms with Crippen LogP contribution >= 0.6 is 0 Å². The molecule has 1 fully saturated rings. The van der Waals surface area contributed by atoms with Crippen LogP contribution in [0.4, 0.5) is 0 Å². The molecule has 0 spiro atoms. The summed E-state index contributed by atoms with van der Waals surface area (Å²) in [5.41, 5.74) is 0. The summed E-state index contributed by atoms with van der Waals surface area (Å²) in [6, 6.07) is 0. The first kappa shape index (κ1) is 15.2. The second kappa shape index (κ2) is 5.45. The molecule has 7 N–H and O–H groups in total. The first-order valence-electron chi connectivity index (χ1n) is 5.19. The lowest BCUT2D eigenvalue weighted by molar-refractivity contribution is -0.312. The fourth-order valence-corrected chi connectivity index (χ4v) is 1.70. The molecular weight excluding hydrogens is 252 g/mol. The Morgan fingerprint density at radius 3 is 2.39 bits per heavy atom. The van der Waals surface area contributed by atoms with Gasteiger partial charge in [0, 0.05) is 6.42 Å². The van der Waals surface area contributed by atoms with Gasteiger partial charge in [-0.25, -0.2) is 4.79 Å². The van der Waals surface area contributed by atoms with Gasteiger partial charge in [0.2, 0.25) is 0 Å². The lowest BCUT2D eigenvalue weighted by atomic mass is 9.91. The summed E-state index contributed by atoms with van der Waals surface area (Å²) < 4.78 is 4.63. The highest BCUT2D eigenvalue weighted by Gasteiger charge is 2.53. The quantitative estimate of drug-likeness (QED) is 0.268. The van der Waals surface area contributed by atoms with Crippen LogP contribution in [0.5, 0.6) is 0 Å². The highest BCUT2D eigenvalue weighted by molar-refractivity contribution is 5.75. The first-order valence-corrected chi connectivity index (χ1v) is 5.19. The Labute approximate surface area is 101 Å². The van der Waals surface area contributed by atoms with Crippen molar-refractivity contribution in [2.24, 2.45) is 0 Å². The van der Waals surface area contributed by atoms with Crippen molar-refractivity contribution in [1.82, 2.24) is 0 Å². The normalized spacial score (nSPS) is 40.2. The zero-order valence-electron chi connectivity index (χ0n) is 9.25. The molecule has 1 aliphatic heterocycles. The third-order valence-electron chi connectivity index (χ3n) is 2.80. The molecule has 0 aromatic rings. The summed E-state index contributed by atoms with van der Waals surface area (Å²) in [7, 11) is 0. The van der Waals surface area contributed by atoms with Crippen molar-refractivity contribution in [2.75, 3.05) is 6.61 Å². The van der Waals surface area contributed by atoms with Crippen LogP contribution in [-0.4, -0.2) is 84.6 Å². The monoisotopic (exact) mass is 268 g/mol. The van der Waals surface area contributed by atoms with Gasteiger partial charge < -0.3 is 40.5 Å². The maximum absolute atomic E-state index is 10.8. The van der Waals surface area contributed by atoms with Crippen molar-refractivity contribution in [2.45, 2.75) is 42.7 Å². The lowest BCUT2D eigenvalue weighted by Crippen LogP contribution is -2.63. The lowest BCUT2D eigenvalue weighted by Gasteiger charge is -2.42. The predicted molar refractivity (Wildman–Crippen MR) is 53.2 cm³/mol. The van der Waals surface area contributed by atoms with E-state index in [1.165, 1.54) is 0 Å². The number of aliphatic hydroxyl groups excluding tert-OH is 5. The number of rotatable bonds is 4. The van der Waals surface area contributed by atoms with Gasteiger partial charge in [-0.1, -0.05) is 0 Å². The van der Waals surface area contributed by atoms with Gasteiger partial charge in [-0.05, 0) is 0 Å². The van der Waals surface area contributed by atoms with E-state index >= 15 is 0 Å². The van der Waals surface area contributed by atoms with Gasteiger partial charge in [-0.15, -0.1) is 0 Å². The Hall–Kier alpha value is -0.810. The van der Waals surface area contributed by atoms with Crippen LogP contribution in [0, 0.1) is 0 Å². The smallest absolute Gasteiger partial charge is 0.364 e. The molecule has 0 radical (unpaired) electrons. The second-order valence-electron chi connectivity index (χ2n) is 4.17. The van der Waals surface area contributed by atoms with Gasteiger partial charge in [0.1, 0.15) is 24.4 Å². The van der Waals surface area contributed by atoms with Crippen molar-refractivity contribution in [1.29, 1.82) is 0 Å². The maximum Gasteiger partial charge on any atom is 0.364 e. The Balaban J connectivity index is 2.92. The van der Waals surface area contributed by atoms with Crippen LogP contribution in [0.2, 0.25) is 0 Å². The molecule has 9 heteroatoms. The molecule has 0 bridgehead atoms. The van der Waals surface area contributed by atoms with Crippen LogP contribution < -0.4 is 0 Å². The zero-order chi connectivity index (χ0) is 14.1. The third kappa shape index (κ3) is 2.78. The highest BCUT2D eigenvalue weighted by atomic mass is 16.7. The van der Waals surface area contributed by atoms with Crippen molar-refractivity contribution >= 4 is 5.97 Å². The molecule has 0 aliphatic carbocycles. The topological polar surface area (TPSA) is 168 Å². The van der Waals surface area contributed by atoms with E-state index in [4.69, 9.17) is 10.2 Å². The van der Waals surface area contributed by atoms with Gasteiger partial charge >= 0.3 is 5.97 Å². The number of aliphatic carboxylic acids is 1. The number of carbonyl (C=O) groups is 1. The van der Waals surface area contributed by atoms with Crippen LogP contribution in [-0.2, 0) is 9.53 Å². The van der Waals surface area contributed by atoms with Crippen molar-refractivity contribution in [3.05, 3.63) is 0 Å². The van der Waals surface area contributed by atoms with Crippen LogP contribution in [0.15, 0.2) is 0 Å². The Bertz CT molecular complexity index is 308. The summed E-state index contributed by atoms with van der Waals surface area (Å²) >= 11 is 0. The third-order valence-corrected chi connectivity index (χ3v) is 2.80. The molecule has 9 nitrogen and oxygen atoms in total. The van der Waals surface area contributed by atoms with Crippen LogP contribution in [0.3, 0.4) is 0 Å². The highest BCUT2D eigenvalue weighted by Crippen LogP contribution is 2.30. The van der Waals surface area contributed by atoms with E-state index < -0.39 is 55.3 Å². The molecule has 1 unspecified atom stereocenters. The molecule has 6 atom stereocenters. The van der Waals surface area contributed by atoms with E-state index in [0.29, 0.717) is 0 Å². The first-order chi connectivity index (χ1) is 8.23. The molecule has 1 aliphatic rings. The molecule has 0 saturated carbocycles. The van der Waals surface area contributed by atoms with Gasteiger partial charge in [0.25, 0.3) is 5.79 Å². The Kier molecular flexibility index (Phi) is 4.61. The molecule has 1 saturated heterocycles. The van der Waals surface area contributed by atoms with Crippen molar-refractivity contribution < 1.29 is 45.3 Å². The molecule has 1 rings (SSSR count). The predicted octanol–water partition coefficient (Wildman–Crippen LogP) is -4.02. The van der Waals surface area contributed by atoms with E-state index in [1.54, 1.807) is 0 Å². The molecule has 0 aromatic heterocycles. The molecule has 106 valence electrons. The number of aliphatic hydroxyl groups is 6. The summed E-state index contributed by atoms with van der Waals surface area (Å²) in [5.74, 6) is -4.58. The maximum atomic E-state index is 10.8. The SMILES string of the molecule is O=C(O)[C@@]1(O)C[C@@H](O)[C@H](O)C([C@@H](O)[C@H](O)CO)O1. The van der Waals surface area contributed by atoms with Crippen molar-refractivity contribution in [3.8, 4) is 0 Å². The van der Waals surface area contributed by atoms with Gasteiger partial charge in [-0.2, -0.15) is 0 Å². The largest absolute Gasteiger partial charge is 0.477 e. The summed E-state index contributed by atoms with van der Waals surface area (Å²) in [6.07, 6.45) is -9.50. The Morgan fingerprint density at radius 2 is 1.94 bits per heavy atom. The molecule has 1 heterocycles. The van der Waals surface area contributed by atoms with Gasteiger partial charge in [0.15, 0.2) is 0 Å². The molecule has 18 heavy (non-hydrogen) atoms. The average Bonchev–Trinajstić information content (AvgIpc) is 2.31. The zero-order valence-corrected chi connectivity index (χ0v) is 9.25. The number of ether oxygens (including phenoxy) is 1. The Morgan fingerprint density at radius 1 is 1.39 bits per heavy atom. The fraction of sp³-hybridized carbons (Fsp3) is 0.889. The van der Waals surface area contributed by atoms with Gasteiger partial charge in [0.05, 0.1) is 12.7 Å². The summed E-state index contributed by atoms with van der Waals surface area (Å²) in [5, 5.41) is 64.6. The number of hydrogen-bond acceptors (Lipinski definition) is 8. The van der Waals surface area contributed by atoms with Crippen molar-refractivity contribution in [3.63, 3.8) is 0 Å². The van der Waals surface area contributed by atoms with E-state index in [9.17, 15) is 30.3 Å². The molecular formula is C9H16O9. The van der Waals surface area contributed by atoms with E-state index in [-0.39, 0.29) is 0 Å². The number of carboxylic acid groups (broad SMARTS) is 1. The average molecular weight is 268 g/mol. The summed E-state index contributed by atoms with van der Waals surface area (Å²) in [6.45, 7) is -0.866. The van der Waals surface area contributed by atoms with Crippen LogP contribution in [0.25, 0.3) is 0 Å². The van der Waals surface area contributed by atoms with E-state index in [0.717, 1.165) is 0 Å². The van der Waals surface area contributed by atoms with Crippen LogP contribution in [0.1, 0.15) is 6.42 Å². The minimum Gasteiger partial charge on any atom is -0.477 e. The van der Waals surface area contributed by atoms with Gasteiger partial charge in [-0.3, -0.25) is 0 Å². The molecule has 0 aromatic carbocycles. The minimum absolute atomic E-state index is 0.790. The minimum atomic E-state index is -2.78. The number of hydrogen-bond donors (Lipinski definition) is 7. The number of carboxylic acids is 1. The summed E-state index contributed by atoms with van der Waals surface area (Å²) in [4.78, 5) is 10.8. The fourth-order valence-electron chi connectivity index (χ4n) is 1.70. The van der Waals surface area contributed by atoms with E-state index in [1.807, 2.05) is 0 Å². The molecule has 0 amide bonds. The standard InChI is InChI=1S/C9H16O9/c10-2-4(12)6(14)7-5(13)3(11)1-9(17,18-7)8(15)16/h3-7,10-14,17H,1-2H2,(H,15,16)/t3-,4-,5+,6+,7?,9-/m1/s1.